The third kappa shape index (κ3) is 5.08. The molecule has 0 aromatic heterocycles. The number of nitrogens with zero attached hydrogens (tertiary/aromatic N) is 1. The Kier molecular flexibility index (Phi) is 6.62. The van der Waals surface area contributed by atoms with Crippen LogP contribution in [-0.2, 0) is 16.6 Å². The lowest BCUT2D eigenvalue weighted by atomic mass is 10.0. The van der Waals surface area contributed by atoms with Gasteiger partial charge in [-0.2, -0.15) is 0 Å². The van der Waals surface area contributed by atoms with Gasteiger partial charge >= 0.3 is 6.03 Å². The summed E-state index contributed by atoms with van der Waals surface area (Å²) >= 11 is 0. The van der Waals surface area contributed by atoms with E-state index in [2.05, 4.69) is 16.7 Å². The lowest BCUT2D eigenvalue weighted by Crippen LogP contribution is -2.37. The fraction of sp³-hybridized carbons (Fsp3) is 0.350. The van der Waals surface area contributed by atoms with Gasteiger partial charge in [-0.25, -0.2) is 17.5 Å². The second-order valence-corrected chi connectivity index (χ2v) is 8.92. The van der Waals surface area contributed by atoms with Crippen molar-refractivity contribution in [2.45, 2.75) is 38.3 Å². The number of carbonyl (C=O) groups excluding carboxylic acids is 1. The largest absolute Gasteiger partial charge is 0.334 e. The van der Waals surface area contributed by atoms with Crippen molar-refractivity contribution in [2.75, 3.05) is 14.1 Å². The molecule has 0 fully saturated rings. The molecule has 0 heterocycles. The van der Waals surface area contributed by atoms with Crippen LogP contribution in [0.1, 0.15) is 35.2 Å². The van der Waals surface area contributed by atoms with Gasteiger partial charge in [-0.15, -0.1) is 0 Å². The van der Waals surface area contributed by atoms with Gasteiger partial charge in [0, 0.05) is 20.6 Å². The van der Waals surface area contributed by atoms with Crippen LogP contribution in [0.15, 0.2) is 47.4 Å². The SMILES string of the molecule is Cc1ccc(C)c(C(C)NC(=O)NCc2ccccc2S(=O)(=O)N(C)C)c1. The number of sulfonamides is 1. The maximum atomic E-state index is 12.4. The van der Waals surface area contributed by atoms with Crippen LogP contribution in [0.3, 0.4) is 0 Å². The molecule has 2 amide bonds. The van der Waals surface area contributed by atoms with Crippen LogP contribution >= 0.6 is 0 Å². The third-order valence-electron chi connectivity index (χ3n) is 4.42. The highest BCUT2D eigenvalue weighted by atomic mass is 32.2. The first-order valence-electron chi connectivity index (χ1n) is 8.75. The Balaban J connectivity index is 2.08. The summed E-state index contributed by atoms with van der Waals surface area (Å²) in [6.07, 6.45) is 0. The standard InChI is InChI=1S/C20H27N3O3S/c1-14-10-11-15(2)18(12-14)16(3)22-20(24)21-13-17-8-6-7-9-19(17)27(25,26)23(4)5/h6-12,16H,13H2,1-5H3,(H2,21,22,24). The molecule has 6 nitrogen and oxygen atoms in total. The van der Waals surface area contributed by atoms with E-state index in [0.29, 0.717) is 5.56 Å². The summed E-state index contributed by atoms with van der Waals surface area (Å²) in [5.41, 5.74) is 3.84. The Hall–Kier alpha value is -2.38. The van der Waals surface area contributed by atoms with Crippen molar-refractivity contribution in [3.05, 3.63) is 64.7 Å². The van der Waals surface area contributed by atoms with E-state index < -0.39 is 10.0 Å². The molecule has 7 heteroatoms. The van der Waals surface area contributed by atoms with Crippen molar-refractivity contribution in [3.63, 3.8) is 0 Å². The first-order valence-corrected chi connectivity index (χ1v) is 10.2. The topological polar surface area (TPSA) is 78.5 Å². The zero-order valence-electron chi connectivity index (χ0n) is 16.4. The number of benzene rings is 2. The second-order valence-electron chi connectivity index (χ2n) is 6.80. The van der Waals surface area contributed by atoms with Crippen LogP contribution in [-0.4, -0.2) is 32.8 Å². The van der Waals surface area contributed by atoms with E-state index in [0.717, 1.165) is 21.0 Å². The summed E-state index contributed by atoms with van der Waals surface area (Å²) in [5.74, 6) is 0. The number of rotatable bonds is 6. The first kappa shape index (κ1) is 20.9. The quantitative estimate of drug-likeness (QED) is 0.797. The fourth-order valence-corrected chi connectivity index (χ4v) is 3.94. The molecule has 0 radical (unpaired) electrons. The average molecular weight is 390 g/mol. The van der Waals surface area contributed by atoms with Crippen LogP contribution in [0.5, 0.6) is 0 Å². The van der Waals surface area contributed by atoms with Gasteiger partial charge in [-0.3, -0.25) is 0 Å². The highest BCUT2D eigenvalue weighted by Gasteiger charge is 2.21. The molecule has 0 spiro atoms. The molecule has 0 bridgehead atoms. The minimum absolute atomic E-state index is 0.120. The molecular weight excluding hydrogens is 362 g/mol. The maximum Gasteiger partial charge on any atom is 0.315 e. The Morgan fingerprint density at radius 2 is 1.78 bits per heavy atom. The van der Waals surface area contributed by atoms with E-state index in [1.54, 1.807) is 24.3 Å². The number of hydrogen-bond donors (Lipinski definition) is 2. The third-order valence-corrected chi connectivity index (χ3v) is 6.33. The summed E-state index contributed by atoms with van der Waals surface area (Å²) < 4.78 is 26.0. The van der Waals surface area contributed by atoms with Crippen LogP contribution in [0.4, 0.5) is 4.79 Å². The van der Waals surface area contributed by atoms with Gasteiger partial charge in [0.2, 0.25) is 10.0 Å². The van der Waals surface area contributed by atoms with Crippen molar-refractivity contribution >= 4 is 16.1 Å². The van der Waals surface area contributed by atoms with E-state index >= 15 is 0 Å². The fourth-order valence-electron chi connectivity index (χ4n) is 2.83. The Bertz CT molecular complexity index is 924. The van der Waals surface area contributed by atoms with Gasteiger partial charge in [0.15, 0.2) is 0 Å². The monoisotopic (exact) mass is 389 g/mol. The Labute approximate surface area is 161 Å². The summed E-state index contributed by atoms with van der Waals surface area (Å²) in [4.78, 5) is 12.5. The zero-order chi connectivity index (χ0) is 20.2. The molecule has 0 aliphatic carbocycles. The number of amides is 2. The number of urea groups is 1. The number of hydrogen-bond acceptors (Lipinski definition) is 3. The smallest absolute Gasteiger partial charge is 0.315 e. The second kappa shape index (κ2) is 8.54. The molecule has 2 rings (SSSR count). The van der Waals surface area contributed by atoms with Crippen molar-refractivity contribution < 1.29 is 13.2 Å². The summed E-state index contributed by atoms with van der Waals surface area (Å²) in [6, 6.07) is 12.3. The molecular formula is C20H27N3O3S. The van der Waals surface area contributed by atoms with Crippen LogP contribution in [0.25, 0.3) is 0 Å². The summed E-state index contributed by atoms with van der Waals surface area (Å²) in [5, 5.41) is 5.66. The average Bonchev–Trinajstić information content (AvgIpc) is 2.62. The molecule has 27 heavy (non-hydrogen) atoms. The highest BCUT2D eigenvalue weighted by Crippen LogP contribution is 2.20. The minimum atomic E-state index is -3.57. The van der Waals surface area contributed by atoms with Gasteiger partial charge < -0.3 is 10.6 Å². The molecule has 2 N–H and O–H groups in total. The van der Waals surface area contributed by atoms with Gasteiger partial charge in [0.1, 0.15) is 0 Å². The van der Waals surface area contributed by atoms with Gasteiger partial charge in [0.25, 0.3) is 0 Å². The van der Waals surface area contributed by atoms with Crippen molar-refractivity contribution in [1.29, 1.82) is 0 Å². The predicted octanol–water partition coefficient (Wildman–Crippen LogP) is 3.11. The van der Waals surface area contributed by atoms with Gasteiger partial charge in [-0.05, 0) is 43.5 Å². The van der Waals surface area contributed by atoms with E-state index in [1.807, 2.05) is 32.9 Å². The molecule has 1 atom stereocenters. The summed E-state index contributed by atoms with van der Waals surface area (Å²) in [6.45, 7) is 6.06. The number of carbonyl (C=O) groups is 1. The first-order chi connectivity index (χ1) is 12.6. The molecule has 0 aliphatic heterocycles. The Morgan fingerprint density at radius 3 is 2.44 bits per heavy atom. The van der Waals surface area contributed by atoms with Gasteiger partial charge in [0.05, 0.1) is 10.9 Å². The number of aryl methyl sites for hydroxylation is 2. The van der Waals surface area contributed by atoms with Gasteiger partial charge in [-0.1, -0.05) is 42.0 Å². The van der Waals surface area contributed by atoms with E-state index in [4.69, 9.17) is 0 Å². The predicted molar refractivity (Wildman–Crippen MR) is 107 cm³/mol. The number of nitrogens with one attached hydrogen (secondary N) is 2. The molecule has 0 aliphatic rings. The van der Waals surface area contributed by atoms with E-state index in [9.17, 15) is 13.2 Å². The minimum Gasteiger partial charge on any atom is -0.334 e. The van der Waals surface area contributed by atoms with Crippen LogP contribution < -0.4 is 10.6 Å². The molecule has 2 aromatic carbocycles. The van der Waals surface area contributed by atoms with Crippen LogP contribution in [0, 0.1) is 13.8 Å². The molecule has 0 saturated heterocycles. The van der Waals surface area contributed by atoms with Crippen molar-refractivity contribution in [3.8, 4) is 0 Å². The lowest BCUT2D eigenvalue weighted by molar-refractivity contribution is 0.237. The molecule has 146 valence electrons. The maximum absolute atomic E-state index is 12.4. The lowest BCUT2D eigenvalue weighted by Gasteiger charge is -2.19. The zero-order valence-corrected chi connectivity index (χ0v) is 17.2. The molecule has 1 unspecified atom stereocenters. The van der Waals surface area contributed by atoms with Crippen molar-refractivity contribution in [1.82, 2.24) is 14.9 Å². The van der Waals surface area contributed by atoms with E-state index in [-0.39, 0.29) is 23.5 Å². The summed E-state index contributed by atoms with van der Waals surface area (Å²) in [7, 11) is -0.602. The van der Waals surface area contributed by atoms with E-state index in [1.165, 1.54) is 14.1 Å². The van der Waals surface area contributed by atoms with Crippen LogP contribution in [0.2, 0.25) is 0 Å². The normalized spacial score (nSPS) is 12.7. The molecule has 0 saturated carbocycles. The molecule has 2 aromatic rings. The van der Waals surface area contributed by atoms with Crippen molar-refractivity contribution in [2.24, 2.45) is 0 Å². The Morgan fingerprint density at radius 1 is 1.11 bits per heavy atom. The highest BCUT2D eigenvalue weighted by molar-refractivity contribution is 7.89.